The van der Waals surface area contributed by atoms with Crippen molar-refractivity contribution < 1.29 is 4.79 Å². The topological polar surface area (TPSA) is 89.4 Å². The van der Waals surface area contributed by atoms with E-state index in [9.17, 15) is 4.79 Å². The van der Waals surface area contributed by atoms with Crippen LogP contribution in [0.15, 0.2) is 73.1 Å². The van der Waals surface area contributed by atoms with Gasteiger partial charge in [-0.15, -0.1) is 10.2 Å². The Morgan fingerprint density at radius 1 is 1.03 bits per heavy atom. The Bertz CT molecular complexity index is 1460. The number of fused-ring (bicyclic) bond motifs is 3. The summed E-state index contributed by atoms with van der Waals surface area (Å²) in [5.41, 5.74) is 11.8. The lowest BCUT2D eigenvalue weighted by molar-refractivity contribution is -0.116. The van der Waals surface area contributed by atoms with Crippen molar-refractivity contribution in [2.75, 3.05) is 17.7 Å². The summed E-state index contributed by atoms with van der Waals surface area (Å²) in [4.78, 5) is 18.2. The zero-order valence-corrected chi connectivity index (χ0v) is 17.9. The molecule has 5 rings (SSSR count). The number of ketones is 1. The van der Waals surface area contributed by atoms with Crippen LogP contribution in [0.1, 0.15) is 12.5 Å². The summed E-state index contributed by atoms with van der Waals surface area (Å²) in [5.74, 6) is 1.45. The van der Waals surface area contributed by atoms with Crippen LogP contribution < -0.4 is 10.6 Å². The number of carbonyl (C=O) groups excluding carboxylic acids is 1. The van der Waals surface area contributed by atoms with E-state index in [1.54, 1.807) is 13.3 Å². The van der Waals surface area contributed by atoms with E-state index in [0.29, 0.717) is 17.9 Å². The average Bonchev–Trinajstić information content (AvgIpc) is 3.27. The van der Waals surface area contributed by atoms with Gasteiger partial charge in [0.25, 0.3) is 5.78 Å². The molecule has 0 radical (unpaired) electrons. The summed E-state index contributed by atoms with van der Waals surface area (Å²) in [6, 6.07) is 22.1. The number of benzene rings is 3. The van der Waals surface area contributed by atoms with E-state index in [1.807, 2.05) is 58.8 Å². The smallest absolute Gasteiger partial charge is 0.257 e. The Kier molecular flexibility index (Phi) is 4.78. The van der Waals surface area contributed by atoms with Crippen molar-refractivity contribution in [2.45, 2.75) is 13.3 Å². The maximum atomic E-state index is 11.4. The molecule has 158 valence electrons. The van der Waals surface area contributed by atoms with Gasteiger partial charge >= 0.3 is 0 Å². The van der Waals surface area contributed by atoms with Crippen molar-refractivity contribution in [2.24, 2.45) is 0 Å². The summed E-state index contributed by atoms with van der Waals surface area (Å²) in [6.07, 6.45) is 2.10. The molecule has 0 aliphatic carbocycles. The van der Waals surface area contributed by atoms with Crippen LogP contribution in [-0.2, 0) is 11.2 Å². The Morgan fingerprint density at radius 3 is 2.62 bits per heavy atom. The molecule has 5 aromatic rings. The first-order valence-electron chi connectivity index (χ1n) is 10.3. The van der Waals surface area contributed by atoms with Crippen LogP contribution in [0.4, 0.5) is 17.2 Å². The first-order chi connectivity index (χ1) is 15.5. The number of rotatable bonds is 5. The van der Waals surface area contributed by atoms with Crippen molar-refractivity contribution in [3.63, 3.8) is 0 Å². The minimum atomic E-state index is 0.160. The Hall–Kier alpha value is -4.26. The highest BCUT2D eigenvalue weighted by Crippen LogP contribution is 2.33. The number of nitrogens with zero attached hydrogens (tertiary/aromatic N) is 5. The SMILES string of the molecule is CC(=O)Cc1ccc(-c2cccc(N(C)c3nc4nncn4c4cc(N)ccc34)c2)cc1. The number of aromatic nitrogens is 4. The summed E-state index contributed by atoms with van der Waals surface area (Å²) < 4.78 is 1.84. The van der Waals surface area contributed by atoms with Gasteiger partial charge in [0.15, 0.2) is 0 Å². The molecule has 3 aromatic carbocycles. The first kappa shape index (κ1) is 19.7. The highest BCUT2D eigenvalue weighted by atomic mass is 16.1. The van der Waals surface area contributed by atoms with Crippen molar-refractivity contribution in [3.8, 4) is 11.1 Å². The second-order valence-corrected chi connectivity index (χ2v) is 7.90. The highest BCUT2D eigenvalue weighted by molar-refractivity contribution is 5.95. The molecule has 0 aliphatic rings. The standard InChI is InChI=1S/C25H22N6O/c1-16(32)12-17-6-8-18(9-7-17)19-4-3-5-21(13-19)30(2)24-22-11-10-20(26)14-23(22)31-15-27-29-25(31)28-24/h3-11,13-15H,12,26H2,1-2H3. The lowest BCUT2D eigenvalue weighted by Crippen LogP contribution is -2.13. The van der Waals surface area contributed by atoms with E-state index < -0.39 is 0 Å². The predicted octanol–water partition coefficient (Wildman–Crippen LogP) is 4.43. The van der Waals surface area contributed by atoms with Crippen LogP contribution in [0.25, 0.3) is 27.8 Å². The van der Waals surface area contributed by atoms with Gasteiger partial charge in [-0.3, -0.25) is 9.20 Å². The molecule has 0 bridgehead atoms. The third-order valence-corrected chi connectivity index (χ3v) is 5.55. The van der Waals surface area contributed by atoms with Gasteiger partial charge in [-0.05, 0) is 53.9 Å². The Morgan fingerprint density at radius 2 is 1.84 bits per heavy atom. The van der Waals surface area contributed by atoms with E-state index in [4.69, 9.17) is 10.7 Å². The molecule has 2 heterocycles. The molecule has 0 amide bonds. The highest BCUT2D eigenvalue weighted by Gasteiger charge is 2.15. The molecular formula is C25H22N6O. The van der Waals surface area contributed by atoms with E-state index in [-0.39, 0.29) is 5.78 Å². The third kappa shape index (κ3) is 3.54. The van der Waals surface area contributed by atoms with Crippen LogP contribution in [-0.4, -0.2) is 32.4 Å². The fourth-order valence-corrected chi connectivity index (χ4v) is 3.94. The maximum absolute atomic E-state index is 11.4. The number of nitrogen functional groups attached to an aromatic ring is 1. The summed E-state index contributed by atoms with van der Waals surface area (Å²) in [6.45, 7) is 1.61. The molecule has 2 aromatic heterocycles. The van der Waals surface area contributed by atoms with Crippen LogP contribution in [0.3, 0.4) is 0 Å². The van der Waals surface area contributed by atoms with Gasteiger partial charge < -0.3 is 10.6 Å². The number of hydrogen-bond donors (Lipinski definition) is 1. The predicted molar refractivity (Wildman–Crippen MR) is 127 cm³/mol. The van der Waals surface area contributed by atoms with Crippen molar-refractivity contribution in [1.82, 2.24) is 19.6 Å². The summed E-state index contributed by atoms with van der Waals surface area (Å²) in [7, 11) is 1.99. The monoisotopic (exact) mass is 422 g/mol. The minimum absolute atomic E-state index is 0.160. The molecule has 2 N–H and O–H groups in total. The quantitative estimate of drug-likeness (QED) is 0.422. The van der Waals surface area contributed by atoms with Gasteiger partial charge in [0.2, 0.25) is 0 Å². The molecule has 0 fully saturated rings. The lowest BCUT2D eigenvalue weighted by atomic mass is 10.0. The largest absolute Gasteiger partial charge is 0.399 e. The van der Waals surface area contributed by atoms with E-state index in [0.717, 1.165) is 39.1 Å². The van der Waals surface area contributed by atoms with Gasteiger partial charge in [-0.2, -0.15) is 4.98 Å². The maximum Gasteiger partial charge on any atom is 0.257 e. The summed E-state index contributed by atoms with van der Waals surface area (Å²) in [5, 5.41) is 9.09. The van der Waals surface area contributed by atoms with Crippen molar-refractivity contribution >= 4 is 39.7 Å². The number of carbonyl (C=O) groups is 1. The van der Waals surface area contributed by atoms with Crippen LogP contribution in [0.5, 0.6) is 0 Å². The van der Waals surface area contributed by atoms with Gasteiger partial charge in [0, 0.05) is 30.2 Å². The normalized spacial score (nSPS) is 11.2. The zero-order valence-electron chi connectivity index (χ0n) is 17.9. The fraction of sp³-hybridized carbons (Fsp3) is 0.120. The van der Waals surface area contributed by atoms with E-state index in [1.165, 1.54) is 0 Å². The van der Waals surface area contributed by atoms with E-state index >= 15 is 0 Å². The van der Waals surface area contributed by atoms with Gasteiger partial charge in [-0.1, -0.05) is 36.4 Å². The van der Waals surface area contributed by atoms with E-state index in [2.05, 4.69) is 34.5 Å². The molecular weight excluding hydrogens is 400 g/mol. The molecule has 0 unspecified atom stereocenters. The Balaban J connectivity index is 1.56. The molecule has 0 saturated heterocycles. The minimum Gasteiger partial charge on any atom is -0.399 e. The number of Topliss-reactive ketones (excluding diaryl/α,β-unsaturated/α-hetero) is 1. The fourth-order valence-electron chi connectivity index (χ4n) is 3.94. The molecule has 0 aliphatic heterocycles. The second-order valence-electron chi connectivity index (χ2n) is 7.90. The average molecular weight is 422 g/mol. The summed E-state index contributed by atoms with van der Waals surface area (Å²) >= 11 is 0. The van der Waals surface area contributed by atoms with Crippen LogP contribution in [0, 0.1) is 0 Å². The molecule has 0 spiro atoms. The molecule has 7 nitrogen and oxygen atoms in total. The van der Waals surface area contributed by atoms with Gasteiger partial charge in [0.05, 0.1) is 5.52 Å². The van der Waals surface area contributed by atoms with Gasteiger partial charge in [0.1, 0.15) is 17.9 Å². The third-order valence-electron chi connectivity index (χ3n) is 5.55. The second kappa shape index (κ2) is 7.77. The number of hydrogen-bond acceptors (Lipinski definition) is 6. The Labute approximate surface area is 185 Å². The molecule has 0 atom stereocenters. The van der Waals surface area contributed by atoms with Crippen molar-refractivity contribution in [1.29, 1.82) is 0 Å². The zero-order chi connectivity index (χ0) is 22.2. The molecule has 7 heteroatoms. The van der Waals surface area contributed by atoms with Gasteiger partial charge in [-0.25, -0.2) is 0 Å². The number of nitrogens with two attached hydrogens (primary N) is 1. The van der Waals surface area contributed by atoms with Crippen LogP contribution >= 0.6 is 0 Å². The molecule has 32 heavy (non-hydrogen) atoms. The van der Waals surface area contributed by atoms with Crippen LogP contribution in [0.2, 0.25) is 0 Å². The first-order valence-corrected chi connectivity index (χ1v) is 10.3. The number of anilines is 3. The van der Waals surface area contributed by atoms with Crippen molar-refractivity contribution in [3.05, 3.63) is 78.6 Å². The molecule has 0 saturated carbocycles. The lowest BCUT2D eigenvalue weighted by Gasteiger charge is -2.21.